The van der Waals surface area contributed by atoms with Gasteiger partial charge in [0.05, 0.1) is 18.9 Å². The van der Waals surface area contributed by atoms with Crippen LogP contribution in [-0.2, 0) is 9.53 Å². The zero-order chi connectivity index (χ0) is 24.9. The number of esters is 1. The lowest BCUT2D eigenvalue weighted by atomic mass is 10.0. The molecule has 0 fully saturated rings. The van der Waals surface area contributed by atoms with Gasteiger partial charge in [0.1, 0.15) is 29.8 Å². The number of ether oxygens (including phenoxy) is 3. The monoisotopic (exact) mass is 514 g/mol. The molecule has 3 heterocycles. The predicted octanol–water partition coefficient (Wildman–Crippen LogP) is 3.35. The fourth-order valence-corrected chi connectivity index (χ4v) is 5.25. The summed E-state index contributed by atoms with van der Waals surface area (Å²) in [7, 11) is 1.28. The Bertz CT molecular complexity index is 1300. The summed E-state index contributed by atoms with van der Waals surface area (Å²) in [6.07, 6.45) is 0.377. The quantitative estimate of drug-likeness (QED) is 0.338. The highest BCUT2D eigenvalue weighted by atomic mass is 32.2. The minimum atomic E-state index is -0.753. The fourth-order valence-electron chi connectivity index (χ4n) is 3.63. The van der Waals surface area contributed by atoms with E-state index in [1.54, 1.807) is 17.5 Å². The van der Waals surface area contributed by atoms with Gasteiger partial charge < -0.3 is 25.3 Å². The number of carbonyl (C=O) groups is 2. The molecule has 3 aromatic rings. The minimum absolute atomic E-state index is 0.0591. The van der Waals surface area contributed by atoms with Gasteiger partial charge in [-0.05, 0) is 24.1 Å². The number of thiophene rings is 1. The van der Waals surface area contributed by atoms with Crippen LogP contribution in [0.25, 0.3) is 11.1 Å². The number of hydrogen-bond donors (Lipinski definition) is 2. The largest absolute Gasteiger partial charge is 0.486 e. The maximum Gasteiger partial charge on any atom is 0.341 e. The first-order valence-corrected chi connectivity index (χ1v) is 12.5. The second-order valence-corrected chi connectivity index (χ2v) is 9.10. The van der Waals surface area contributed by atoms with Crippen LogP contribution in [0.1, 0.15) is 29.7 Å². The number of benzene rings is 1. The number of methoxy groups -OCH3 is 1. The summed E-state index contributed by atoms with van der Waals surface area (Å²) in [5, 5.41) is 22.0. The van der Waals surface area contributed by atoms with Crippen molar-refractivity contribution in [2.45, 2.75) is 24.5 Å². The first kappa shape index (κ1) is 24.4. The van der Waals surface area contributed by atoms with Gasteiger partial charge in [0.25, 0.3) is 0 Å². The predicted molar refractivity (Wildman–Crippen MR) is 131 cm³/mol. The Labute approximate surface area is 209 Å². The number of aromatic nitrogens is 3. The van der Waals surface area contributed by atoms with E-state index in [0.717, 1.165) is 17.3 Å². The Morgan fingerprint density at radius 1 is 1.34 bits per heavy atom. The topological polar surface area (TPSA) is 154 Å². The molecule has 1 aromatic carbocycles. The smallest absolute Gasteiger partial charge is 0.341 e. The van der Waals surface area contributed by atoms with Gasteiger partial charge >= 0.3 is 5.97 Å². The average molecular weight is 515 g/mol. The number of thioether (sulfide) groups is 1. The van der Waals surface area contributed by atoms with E-state index in [-0.39, 0.29) is 17.3 Å². The summed E-state index contributed by atoms with van der Waals surface area (Å²) in [4.78, 5) is 26.1. The van der Waals surface area contributed by atoms with E-state index < -0.39 is 17.9 Å². The van der Waals surface area contributed by atoms with E-state index in [1.807, 2.05) is 19.1 Å². The van der Waals surface area contributed by atoms with Gasteiger partial charge in [-0.15, -0.1) is 21.5 Å². The lowest BCUT2D eigenvalue weighted by molar-refractivity contribution is -0.119. The van der Waals surface area contributed by atoms with Crippen LogP contribution in [0.4, 0.5) is 10.9 Å². The van der Waals surface area contributed by atoms with E-state index in [9.17, 15) is 9.59 Å². The van der Waals surface area contributed by atoms with Crippen molar-refractivity contribution >= 4 is 45.9 Å². The molecule has 0 spiro atoms. The number of rotatable bonds is 8. The highest BCUT2D eigenvalue weighted by Gasteiger charge is 2.29. The van der Waals surface area contributed by atoms with Gasteiger partial charge in [-0.1, -0.05) is 24.8 Å². The number of nitriles is 1. The molecule has 4 rings (SSSR count). The molecule has 13 heteroatoms. The van der Waals surface area contributed by atoms with Gasteiger partial charge in [0.15, 0.2) is 16.7 Å². The number of amides is 1. The Morgan fingerprint density at radius 2 is 2.11 bits per heavy atom. The number of nitrogens with zero attached hydrogens (tertiary/aromatic N) is 4. The van der Waals surface area contributed by atoms with E-state index >= 15 is 0 Å². The van der Waals surface area contributed by atoms with Crippen molar-refractivity contribution < 1.29 is 23.8 Å². The first-order chi connectivity index (χ1) is 17.0. The molecule has 0 saturated heterocycles. The second kappa shape index (κ2) is 10.7. The van der Waals surface area contributed by atoms with E-state index in [2.05, 4.69) is 15.5 Å². The molecule has 2 aromatic heterocycles. The molecule has 0 bridgehead atoms. The van der Waals surface area contributed by atoms with E-state index in [1.165, 1.54) is 23.0 Å². The molecular weight excluding hydrogens is 492 g/mol. The second-order valence-electron chi connectivity index (χ2n) is 7.27. The highest BCUT2D eigenvalue weighted by molar-refractivity contribution is 7.99. The van der Waals surface area contributed by atoms with Crippen LogP contribution < -0.4 is 20.5 Å². The van der Waals surface area contributed by atoms with E-state index in [0.29, 0.717) is 46.9 Å². The van der Waals surface area contributed by atoms with Crippen molar-refractivity contribution in [3.63, 3.8) is 0 Å². The summed E-state index contributed by atoms with van der Waals surface area (Å²) in [6, 6.07) is 6.65. The van der Waals surface area contributed by atoms with Gasteiger partial charge in [0.2, 0.25) is 11.9 Å². The van der Waals surface area contributed by atoms with Crippen molar-refractivity contribution in [1.29, 1.82) is 5.26 Å². The number of carbonyl (C=O) groups excluding carboxylic acids is 2. The average Bonchev–Trinajstić information content (AvgIpc) is 3.46. The molecule has 1 unspecified atom stereocenters. The minimum Gasteiger partial charge on any atom is -0.486 e. The molecule has 1 aliphatic heterocycles. The molecule has 0 saturated carbocycles. The lowest BCUT2D eigenvalue weighted by Gasteiger charge is -2.19. The van der Waals surface area contributed by atoms with Gasteiger partial charge in [-0.25, -0.2) is 4.79 Å². The Hall–Kier alpha value is -3.76. The normalized spacial score (nSPS) is 13.1. The molecule has 0 radical (unpaired) electrons. The number of nitrogens with one attached hydrogen (secondary N) is 1. The molecule has 182 valence electrons. The van der Waals surface area contributed by atoms with Crippen LogP contribution in [0.15, 0.2) is 28.7 Å². The zero-order valence-corrected chi connectivity index (χ0v) is 20.6. The Balaban J connectivity index is 1.66. The van der Waals surface area contributed by atoms with Crippen LogP contribution >= 0.6 is 23.1 Å². The van der Waals surface area contributed by atoms with Crippen LogP contribution in [-0.4, -0.2) is 52.7 Å². The maximum atomic E-state index is 13.3. The molecule has 3 N–H and O–H groups in total. The molecule has 1 aliphatic rings. The molecule has 0 aliphatic carbocycles. The third-order valence-corrected chi connectivity index (χ3v) is 6.93. The Kier molecular flexibility index (Phi) is 7.42. The van der Waals surface area contributed by atoms with Crippen LogP contribution in [0, 0.1) is 11.3 Å². The summed E-state index contributed by atoms with van der Waals surface area (Å²) >= 11 is 2.34. The zero-order valence-electron chi connectivity index (χ0n) is 18.9. The van der Waals surface area contributed by atoms with Gasteiger partial charge in [0, 0.05) is 10.9 Å². The third kappa shape index (κ3) is 4.89. The maximum absolute atomic E-state index is 13.3. The number of hydrogen-bond acceptors (Lipinski definition) is 11. The molecule has 35 heavy (non-hydrogen) atoms. The van der Waals surface area contributed by atoms with Gasteiger partial charge in [-0.3, -0.25) is 9.36 Å². The molecular formula is C22H22N6O5S2. The molecule has 1 atom stereocenters. The Morgan fingerprint density at radius 3 is 2.83 bits per heavy atom. The van der Waals surface area contributed by atoms with Crippen molar-refractivity contribution in [3.8, 4) is 28.7 Å². The number of anilines is 2. The summed E-state index contributed by atoms with van der Waals surface area (Å²) < 4.78 is 17.7. The number of nitrogen functional groups attached to an aromatic ring is 1. The number of nitrogens with two attached hydrogens (primary N) is 1. The fraction of sp³-hybridized carbons (Fsp3) is 0.318. The van der Waals surface area contributed by atoms with Crippen LogP contribution in [0.2, 0.25) is 0 Å². The van der Waals surface area contributed by atoms with Crippen molar-refractivity contribution in [1.82, 2.24) is 14.8 Å². The van der Waals surface area contributed by atoms with Crippen LogP contribution in [0.5, 0.6) is 11.5 Å². The lowest BCUT2D eigenvalue weighted by Crippen LogP contribution is -2.27. The standard InChI is InChI=1S/C22H22N6O5S2/c1-3-14(28-21(24)26-27-22(28)34-9-6-23)18(29)25-19-17(20(30)31-2)13(11-35-19)12-4-5-15-16(10-12)33-8-7-32-15/h4-5,10-11,14H,3,7-9H2,1-2H3,(H2,24,26)(H,25,29). The molecule has 11 nitrogen and oxygen atoms in total. The summed E-state index contributed by atoms with van der Waals surface area (Å²) in [5.41, 5.74) is 7.52. The highest BCUT2D eigenvalue weighted by Crippen LogP contribution is 2.41. The molecule has 1 amide bonds. The van der Waals surface area contributed by atoms with E-state index in [4.69, 9.17) is 25.2 Å². The van der Waals surface area contributed by atoms with Gasteiger partial charge in [-0.2, -0.15) is 5.26 Å². The SMILES string of the molecule is CCC(C(=O)Nc1scc(-c2ccc3c(c2)OCCO3)c1C(=O)OC)n1c(N)nnc1SCC#N. The first-order valence-electron chi connectivity index (χ1n) is 10.6. The van der Waals surface area contributed by atoms with Crippen molar-refractivity contribution in [3.05, 3.63) is 29.1 Å². The van der Waals surface area contributed by atoms with Crippen LogP contribution in [0.3, 0.4) is 0 Å². The van der Waals surface area contributed by atoms with Crippen molar-refractivity contribution in [2.75, 3.05) is 37.1 Å². The summed E-state index contributed by atoms with van der Waals surface area (Å²) in [5.74, 6) is 0.409. The number of fused-ring (bicyclic) bond motifs is 1. The van der Waals surface area contributed by atoms with Crippen molar-refractivity contribution in [2.24, 2.45) is 0 Å². The third-order valence-electron chi connectivity index (χ3n) is 5.23. The summed E-state index contributed by atoms with van der Waals surface area (Å²) in [6.45, 7) is 2.73.